The van der Waals surface area contributed by atoms with E-state index in [4.69, 9.17) is 19.3 Å². The first-order chi connectivity index (χ1) is 21.0. The van der Waals surface area contributed by atoms with Crippen molar-refractivity contribution in [2.45, 2.75) is 98.5 Å². The minimum Gasteiger partial charge on any atom is -0.481 e. The highest BCUT2D eigenvalue weighted by molar-refractivity contribution is 5.80. The molecule has 0 aromatic carbocycles. The number of carbonyl (C=O) groups excluding carboxylic acids is 4. The van der Waals surface area contributed by atoms with E-state index in [-0.39, 0.29) is 51.0 Å². The molecular formula is C32H59N5O9. The Labute approximate surface area is 274 Å². The number of carbonyl (C=O) groups is 5. The minimum atomic E-state index is -1.03. The minimum absolute atomic E-state index is 0.0416. The zero-order valence-electron chi connectivity index (χ0n) is 29.7. The van der Waals surface area contributed by atoms with Crippen LogP contribution in [0.25, 0.3) is 0 Å². The topological polar surface area (TPSA) is 167 Å². The fourth-order valence-corrected chi connectivity index (χ4v) is 4.87. The Kier molecular flexibility index (Phi) is 16.6. The number of hydrogen-bond donors (Lipinski definition) is 3. The van der Waals surface area contributed by atoms with Crippen LogP contribution in [0.2, 0.25) is 0 Å². The standard InChI is InChI=1S/C32H59N5O9/c1-23(29(43)34-12-11-25(38)39)24-19-36(21-27(41)45-31(5,6)7)18-17-35(20-26(40)44-30(2,3)4)15-13-33-14-16-37(24)22-28(42)46-32(8,9)10/h23-24,33H,11-22H2,1-10H3,(H,34,43)(H,38,39). The predicted molar refractivity (Wildman–Crippen MR) is 173 cm³/mol. The van der Waals surface area contributed by atoms with Gasteiger partial charge in [0.15, 0.2) is 0 Å². The van der Waals surface area contributed by atoms with Gasteiger partial charge in [0.05, 0.1) is 32.0 Å². The normalized spacial score (nSPS) is 19.2. The molecule has 2 unspecified atom stereocenters. The second-order valence-corrected chi connectivity index (χ2v) is 14.8. The van der Waals surface area contributed by atoms with E-state index in [0.29, 0.717) is 39.3 Å². The maximum Gasteiger partial charge on any atom is 0.320 e. The summed E-state index contributed by atoms with van der Waals surface area (Å²) < 4.78 is 16.8. The van der Waals surface area contributed by atoms with Gasteiger partial charge in [-0.1, -0.05) is 6.92 Å². The van der Waals surface area contributed by atoms with Crippen molar-refractivity contribution in [2.24, 2.45) is 5.92 Å². The quantitative estimate of drug-likeness (QED) is 0.214. The summed E-state index contributed by atoms with van der Waals surface area (Å²) in [4.78, 5) is 68.9. The highest BCUT2D eigenvalue weighted by Crippen LogP contribution is 2.17. The van der Waals surface area contributed by atoms with Gasteiger partial charge in [-0.25, -0.2) is 0 Å². The first kappa shape index (κ1) is 41.2. The summed E-state index contributed by atoms with van der Waals surface area (Å²) in [5.74, 6) is -3.36. The van der Waals surface area contributed by atoms with E-state index in [1.54, 1.807) is 48.5 Å². The molecule has 1 aliphatic rings. The van der Waals surface area contributed by atoms with Gasteiger partial charge in [0.25, 0.3) is 0 Å². The third kappa shape index (κ3) is 19.0. The van der Waals surface area contributed by atoms with Gasteiger partial charge in [-0.2, -0.15) is 0 Å². The van der Waals surface area contributed by atoms with E-state index in [2.05, 4.69) is 10.6 Å². The van der Waals surface area contributed by atoms with E-state index < -0.39 is 46.7 Å². The van der Waals surface area contributed by atoms with Crippen LogP contribution in [-0.2, 0) is 38.2 Å². The number of esters is 3. The molecule has 0 bridgehead atoms. The maximum atomic E-state index is 13.3. The van der Waals surface area contributed by atoms with Crippen molar-refractivity contribution in [3.05, 3.63) is 0 Å². The molecule has 1 amide bonds. The number of nitrogens with one attached hydrogen (secondary N) is 2. The van der Waals surface area contributed by atoms with Crippen LogP contribution in [0.4, 0.5) is 0 Å². The Bertz CT molecular complexity index is 1020. The van der Waals surface area contributed by atoms with E-state index in [9.17, 15) is 24.0 Å². The number of carboxylic acid groups (broad SMARTS) is 1. The Morgan fingerprint density at radius 3 is 1.70 bits per heavy atom. The molecule has 1 rings (SSSR count). The molecule has 3 N–H and O–H groups in total. The molecule has 0 aromatic rings. The Morgan fingerprint density at radius 2 is 1.20 bits per heavy atom. The van der Waals surface area contributed by atoms with Gasteiger partial charge in [-0.3, -0.25) is 38.7 Å². The third-order valence-electron chi connectivity index (χ3n) is 6.75. The van der Waals surface area contributed by atoms with Crippen LogP contribution >= 0.6 is 0 Å². The highest BCUT2D eigenvalue weighted by atomic mass is 16.6. The number of rotatable bonds is 11. The molecule has 0 radical (unpaired) electrons. The first-order valence-corrected chi connectivity index (χ1v) is 16.1. The van der Waals surface area contributed by atoms with Crippen molar-refractivity contribution < 1.29 is 43.3 Å². The zero-order valence-corrected chi connectivity index (χ0v) is 29.7. The average Bonchev–Trinajstić information content (AvgIpc) is 2.84. The molecular weight excluding hydrogens is 598 g/mol. The summed E-state index contributed by atoms with van der Waals surface area (Å²) in [7, 11) is 0. The van der Waals surface area contributed by atoms with Gasteiger partial charge in [0, 0.05) is 58.4 Å². The van der Waals surface area contributed by atoms with Crippen molar-refractivity contribution in [2.75, 3.05) is 72.0 Å². The van der Waals surface area contributed by atoms with Gasteiger partial charge in [0.1, 0.15) is 16.8 Å². The largest absolute Gasteiger partial charge is 0.481 e. The van der Waals surface area contributed by atoms with E-state index in [1.165, 1.54) is 0 Å². The zero-order chi connectivity index (χ0) is 35.3. The first-order valence-electron chi connectivity index (χ1n) is 16.1. The van der Waals surface area contributed by atoms with Crippen LogP contribution in [-0.4, -0.2) is 144 Å². The van der Waals surface area contributed by atoms with Gasteiger partial charge in [-0.15, -0.1) is 0 Å². The van der Waals surface area contributed by atoms with E-state index in [1.807, 2.05) is 35.5 Å². The van der Waals surface area contributed by atoms with Crippen LogP contribution in [0.1, 0.15) is 75.7 Å². The lowest BCUT2D eigenvalue weighted by atomic mass is 9.97. The van der Waals surface area contributed by atoms with Gasteiger partial charge < -0.3 is 30.0 Å². The molecule has 0 aromatic heterocycles. The number of aliphatic carboxylic acids is 1. The van der Waals surface area contributed by atoms with Crippen molar-refractivity contribution in [3.63, 3.8) is 0 Å². The molecule has 1 aliphatic heterocycles. The third-order valence-corrected chi connectivity index (χ3v) is 6.75. The number of ether oxygens (including phenoxy) is 3. The lowest BCUT2D eigenvalue weighted by Crippen LogP contribution is -2.56. The number of nitrogens with zero attached hydrogens (tertiary/aromatic N) is 3. The van der Waals surface area contributed by atoms with Gasteiger partial charge >= 0.3 is 23.9 Å². The second kappa shape index (κ2) is 18.5. The second-order valence-electron chi connectivity index (χ2n) is 14.8. The summed E-state index contributed by atoms with van der Waals surface area (Å²) in [5, 5.41) is 15.1. The van der Waals surface area contributed by atoms with Crippen molar-refractivity contribution in [1.29, 1.82) is 0 Å². The summed E-state index contributed by atoms with van der Waals surface area (Å²) >= 11 is 0. The van der Waals surface area contributed by atoms with Crippen LogP contribution in [0.3, 0.4) is 0 Å². The fraction of sp³-hybridized carbons (Fsp3) is 0.844. The molecule has 14 nitrogen and oxygen atoms in total. The lowest BCUT2D eigenvalue weighted by molar-refractivity contribution is -0.159. The van der Waals surface area contributed by atoms with Gasteiger partial charge in [-0.05, 0) is 62.3 Å². The molecule has 1 heterocycles. The summed E-state index contributed by atoms with van der Waals surface area (Å²) in [6.45, 7) is 20.6. The number of amides is 1. The van der Waals surface area contributed by atoms with Crippen molar-refractivity contribution >= 4 is 29.8 Å². The Hall–Kier alpha value is -2.81. The predicted octanol–water partition coefficient (Wildman–Crippen LogP) is 1.12. The molecule has 0 saturated carbocycles. The van der Waals surface area contributed by atoms with E-state index in [0.717, 1.165) is 0 Å². The molecule has 266 valence electrons. The number of carboxylic acids is 1. The monoisotopic (exact) mass is 657 g/mol. The summed E-state index contributed by atoms with van der Waals surface area (Å²) in [6.07, 6.45) is -0.229. The van der Waals surface area contributed by atoms with Crippen LogP contribution in [0.15, 0.2) is 0 Å². The Balaban J connectivity index is 3.43. The molecule has 14 heteroatoms. The average molecular weight is 658 g/mol. The molecule has 2 atom stereocenters. The highest BCUT2D eigenvalue weighted by Gasteiger charge is 2.34. The van der Waals surface area contributed by atoms with Crippen LogP contribution in [0, 0.1) is 5.92 Å². The molecule has 46 heavy (non-hydrogen) atoms. The molecule has 1 fully saturated rings. The summed E-state index contributed by atoms with van der Waals surface area (Å²) in [5.41, 5.74) is -2.05. The lowest BCUT2D eigenvalue weighted by Gasteiger charge is -2.39. The van der Waals surface area contributed by atoms with Crippen LogP contribution in [0.5, 0.6) is 0 Å². The molecule has 1 saturated heterocycles. The van der Waals surface area contributed by atoms with Gasteiger partial charge in [0.2, 0.25) is 5.91 Å². The molecule has 0 aliphatic carbocycles. The fourth-order valence-electron chi connectivity index (χ4n) is 4.87. The Morgan fingerprint density at radius 1 is 0.739 bits per heavy atom. The number of hydrogen-bond acceptors (Lipinski definition) is 12. The summed E-state index contributed by atoms with van der Waals surface area (Å²) in [6, 6.07) is -0.569. The van der Waals surface area contributed by atoms with E-state index >= 15 is 0 Å². The van der Waals surface area contributed by atoms with Crippen molar-refractivity contribution in [1.82, 2.24) is 25.3 Å². The smallest absolute Gasteiger partial charge is 0.320 e. The van der Waals surface area contributed by atoms with Crippen LogP contribution < -0.4 is 10.6 Å². The van der Waals surface area contributed by atoms with Crippen molar-refractivity contribution in [3.8, 4) is 0 Å². The SMILES string of the molecule is CC(C(=O)NCCC(=O)O)C1CN(CC(=O)OC(C)(C)C)CCN(CC(=O)OC(C)(C)C)CCNCCN1CC(=O)OC(C)(C)C. The maximum absolute atomic E-state index is 13.3. The molecule has 0 spiro atoms.